The number of phenols is 1. The van der Waals surface area contributed by atoms with Gasteiger partial charge in [0.15, 0.2) is 0 Å². The minimum Gasteiger partial charge on any atom is -0.508 e. The van der Waals surface area contributed by atoms with E-state index in [4.69, 9.17) is 10.8 Å². The fourth-order valence-electron chi connectivity index (χ4n) is 1.95. The summed E-state index contributed by atoms with van der Waals surface area (Å²) in [6.45, 7) is 1.85. The molecule has 0 heterocycles. The van der Waals surface area contributed by atoms with Crippen LogP contribution in [0.15, 0.2) is 36.4 Å². The summed E-state index contributed by atoms with van der Waals surface area (Å²) in [6, 6.07) is 11.5. The minimum atomic E-state index is -0.524. The summed E-state index contributed by atoms with van der Waals surface area (Å²) in [5.74, 6) is 0.282. The summed E-state index contributed by atoms with van der Waals surface area (Å²) in [6.07, 6.45) is 1.58. The highest BCUT2D eigenvalue weighted by molar-refractivity contribution is 5.84. The quantitative estimate of drug-likeness (QED) is 0.773. The van der Waals surface area contributed by atoms with Crippen molar-refractivity contribution >= 4 is 10.8 Å². The zero-order valence-electron chi connectivity index (χ0n) is 10.6. The zero-order valence-corrected chi connectivity index (χ0v) is 10.6. The van der Waals surface area contributed by atoms with Gasteiger partial charge in [0.2, 0.25) is 0 Å². The number of rotatable bonds is 4. The molecule has 2 aromatic rings. The third-order valence-electron chi connectivity index (χ3n) is 3.23. The first kappa shape index (κ1) is 12.9. The van der Waals surface area contributed by atoms with Gasteiger partial charge in [-0.15, -0.1) is 0 Å². The lowest BCUT2D eigenvalue weighted by Crippen LogP contribution is -2.40. The molecule has 2 rings (SSSR count). The Hall–Kier alpha value is -1.58. The Labute approximate surface area is 107 Å². The van der Waals surface area contributed by atoms with E-state index >= 15 is 0 Å². The molecule has 3 nitrogen and oxygen atoms in total. The summed E-state index contributed by atoms with van der Waals surface area (Å²) in [5, 5.41) is 20.6. The van der Waals surface area contributed by atoms with Gasteiger partial charge in [-0.05, 0) is 48.2 Å². The number of fused-ring (bicyclic) bond motifs is 1. The lowest BCUT2D eigenvalue weighted by atomic mass is 9.94. The van der Waals surface area contributed by atoms with Gasteiger partial charge in [-0.2, -0.15) is 0 Å². The Bertz CT molecular complexity index is 549. The molecule has 0 saturated carbocycles. The van der Waals surface area contributed by atoms with E-state index in [0.29, 0.717) is 0 Å². The summed E-state index contributed by atoms with van der Waals surface area (Å²) in [5.41, 5.74) is 6.58. The first-order valence-electron chi connectivity index (χ1n) is 6.12. The number of aryl methyl sites for hydroxylation is 1. The van der Waals surface area contributed by atoms with Crippen LogP contribution in [-0.4, -0.2) is 22.4 Å². The van der Waals surface area contributed by atoms with Crippen molar-refractivity contribution in [3.8, 4) is 5.75 Å². The van der Waals surface area contributed by atoms with Gasteiger partial charge in [-0.1, -0.05) is 24.3 Å². The maximum Gasteiger partial charge on any atom is 0.116 e. The van der Waals surface area contributed by atoms with E-state index in [2.05, 4.69) is 6.07 Å². The van der Waals surface area contributed by atoms with E-state index in [1.807, 2.05) is 25.1 Å². The van der Waals surface area contributed by atoms with Crippen LogP contribution in [0.3, 0.4) is 0 Å². The monoisotopic (exact) mass is 245 g/mol. The van der Waals surface area contributed by atoms with E-state index in [1.165, 1.54) is 5.56 Å². The lowest BCUT2D eigenvalue weighted by molar-refractivity contribution is 0.200. The number of aromatic hydroxyl groups is 1. The van der Waals surface area contributed by atoms with Crippen molar-refractivity contribution in [2.24, 2.45) is 5.73 Å². The molecule has 2 aromatic carbocycles. The summed E-state index contributed by atoms with van der Waals surface area (Å²) in [7, 11) is 0. The van der Waals surface area contributed by atoms with Crippen LogP contribution in [0.5, 0.6) is 5.75 Å². The van der Waals surface area contributed by atoms with E-state index in [0.717, 1.165) is 23.6 Å². The smallest absolute Gasteiger partial charge is 0.116 e. The summed E-state index contributed by atoms with van der Waals surface area (Å²) >= 11 is 0. The molecule has 0 saturated heterocycles. The SMILES string of the molecule is C[C@](N)(CO)CCc1ccc2cc(O)ccc2c1. The second-order valence-electron chi connectivity index (χ2n) is 5.18. The van der Waals surface area contributed by atoms with Crippen LogP contribution in [-0.2, 0) is 6.42 Å². The zero-order chi connectivity index (χ0) is 13.2. The molecule has 0 amide bonds. The van der Waals surface area contributed by atoms with Crippen molar-refractivity contribution in [1.82, 2.24) is 0 Å². The Balaban J connectivity index is 2.18. The Morgan fingerprint density at radius 1 is 1.11 bits per heavy atom. The van der Waals surface area contributed by atoms with E-state index in [9.17, 15) is 5.11 Å². The van der Waals surface area contributed by atoms with Gasteiger partial charge in [0.1, 0.15) is 5.75 Å². The van der Waals surface area contributed by atoms with Gasteiger partial charge in [-0.25, -0.2) is 0 Å². The molecule has 0 radical (unpaired) electrons. The number of aliphatic hydroxyl groups excluding tert-OH is 1. The van der Waals surface area contributed by atoms with Crippen molar-refractivity contribution in [2.75, 3.05) is 6.61 Å². The normalized spacial score (nSPS) is 14.6. The van der Waals surface area contributed by atoms with E-state index < -0.39 is 5.54 Å². The fraction of sp³-hybridized carbons (Fsp3) is 0.333. The van der Waals surface area contributed by atoms with E-state index in [-0.39, 0.29) is 12.4 Å². The maximum absolute atomic E-state index is 9.40. The standard InChI is InChI=1S/C15H19NO2/c1-15(16,10-17)7-6-11-2-3-13-9-14(18)5-4-12(13)8-11/h2-5,8-9,17-18H,6-7,10,16H2,1H3/t15-/m1/s1. The molecule has 18 heavy (non-hydrogen) atoms. The molecular formula is C15H19NO2. The molecule has 0 aromatic heterocycles. The Morgan fingerprint density at radius 3 is 2.50 bits per heavy atom. The fourth-order valence-corrected chi connectivity index (χ4v) is 1.95. The van der Waals surface area contributed by atoms with Crippen LogP contribution >= 0.6 is 0 Å². The van der Waals surface area contributed by atoms with Gasteiger partial charge < -0.3 is 15.9 Å². The van der Waals surface area contributed by atoms with Gasteiger partial charge in [-0.3, -0.25) is 0 Å². The molecule has 0 aliphatic carbocycles. The first-order chi connectivity index (χ1) is 8.50. The van der Waals surface area contributed by atoms with Crippen LogP contribution in [0.4, 0.5) is 0 Å². The molecule has 4 N–H and O–H groups in total. The van der Waals surface area contributed by atoms with Crippen LogP contribution < -0.4 is 5.73 Å². The Kier molecular flexibility index (Phi) is 3.55. The number of hydrogen-bond donors (Lipinski definition) is 3. The van der Waals surface area contributed by atoms with E-state index in [1.54, 1.807) is 12.1 Å². The summed E-state index contributed by atoms with van der Waals surface area (Å²) < 4.78 is 0. The third kappa shape index (κ3) is 3.00. The third-order valence-corrected chi connectivity index (χ3v) is 3.23. The predicted octanol–water partition coefficient (Wildman–Crippen LogP) is 2.19. The molecule has 0 unspecified atom stereocenters. The molecule has 0 spiro atoms. The van der Waals surface area contributed by atoms with Gasteiger partial charge in [0, 0.05) is 5.54 Å². The topological polar surface area (TPSA) is 66.5 Å². The predicted molar refractivity (Wildman–Crippen MR) is 73.6 cm³/mol. The molecule has 0 aliphatic rings. The highest BCUT2D eigenvalue weighted by atomic mass is 16.3. The Morgan fingerprint density at radius 2 is 1.78 bits per heavy atom. The average molecular weight is 245 g/mol. The number of phenolic OH excluding ortho intramolecular Hbond substituents is 1. The highest BCUT2D eigenvalue weighted by Gasteiger charge is 2.16. The summed E-state index contributed by atoms with van der Waals surface area (Å²) in [4.78, 5) is 0. The number of hydrogen-bond acceptors (Lipinski definition) is 3. The van der Waals surface area contributed by atoms with Crippen LogP contribution in [0.25, 0.3) is 10.8 Å². The molecule has 0 fully saturated rings. The number of aliphatic hydroxyl groups is 1. The second-order valence-corrected chi connectivity index (χ2v) is 5.18. The molecule has 3 heteroatoms. The highest BCUT2D eigenvalue weighted by Crippen LogP contribution is 2.22. The first-order valence-corrected chi connectivity index (χ1v) is 6.12. The molecule has 0 aliphatic heterocycles. The second kappa shape index (κ2) is 4.96. The van der Waals surface area contributed by atoms with Crippen molar-refractivity contribution < 1.29 is 10.2 Å². The van der Waals surface area contributed by atoms with Crippen LogP contribution in [0.1, 0.15) is 18.9 Å². The van der Waals surface area contributed by atoms with Crippen molar-refractivity contribution in [2.45, 2.75) is 25.3 Å². The van der Waals surface area contributed by atoms with Gasteiger partial charge in [0.05, 0.1) is 6.61 Å². The molecule has 0 bridgehead atoms. The van der Waals surface area contributed by atoms with Crippen LogP contribution in [0, 0.1) is 0 Å². The van der Waals surface area contributed by atoms with Crippen molar-refractivity contribution in [3.05, 3.63) is 42.0 Å². The van der Waals surface area contributed by atoms with Crippen molar-refractivity contribution in [3.63, 3.8) is 0 Å². The largest absolute Gasteiger partial charge is 0.508 e. The molecular weight excluding hydrogens is 226 g/mol. The van der Waals surface area contributed by atoms with Crippen molar-refractivity contribution in [1.29, 1.82) is 0 Å². The molecule has 1 atom stereocenters. The average Bonchev–Trinajstić information content (AvgIpc) is 2.36. The van der Waals surface area contributed by atoms with Crippen LogP contribution in [0.2, 0.25) is 0 Å². The van der Waals surface area contributed by atoms with Gasteiger partial charge >= 0.3 is 0 Å². The van der Waals surface area contributed by atoms with Gasteiger partial charge in [0.25, 0.3) is 0 Å². The minimum absolute atomic E-state index is 0.00550. The molecule has 96 valence electrons. The number of benzene rings is 2. The number of nitrogens with two attached hydrogens (primary N) is 1. The lowest BCUT2D eigenvalue weighted by Gasteiger charge is -2.21. The maximum atomic E-state index is 9.40.